The van der Waals surface area contributed by atoms with E-state index < -0.39 is 35.3 Å². The van der Waals surface area contributed by atoms with Crippen LogP contribution in [0.4, 0.5) is 10.1 Å². The summed E-state index contributed by atoms with van der Waals surface area (Å²) in [7, 11) is 1.25. The first-order chi connectivity index (χ1) is 14.9. The third-order valence-corrected chi connectivity index (χ3v) is 4.94. The number of methoxy groups -OCH3 is 1. The summed E-state index contributed by atoms with van der Waals surface area (Å²) >= 11 is 0. The maximum absolute atomic E-state index is 13.3. The number of carbonyl (C=O) groups is 3. The Kier molecular flexibility index (Phi) is 5.12. The van der Waals surface area contributed by atoms with Crippen LogP contribution in [0.3, 0.4) is 0 Å². The number of hydrogen-bond acceptors (Lipinski definition) is 6. The zero-order valence-electron chi connectivity index (χ0n) is 16.2. The van der Waals surface area contributed by atoms with Gasteiger partial charge in [0.25, 0.3) is 11.7 Å². The molecule has 0 saturated carbocycles. The number of amides is 1. The molecule has 8 heteroatoms. The number of anilines is 1. The number of aliphatic hydroxyl groups excluding tert-OH is 1. The quantitative estimate of drug-likeness (QED) is 0.298. The molecular weight excluding hydrogens is 405 g/mol. The molecule has 3 aromatic rings. The molecule has 156 valence electrons. The van der Waals surface area contributed by atoms with E-state index in [9.17, 15) is 23.9 Å². The van der Waals surface area contributed by atoms with Crippen LogP contribution in [0.1, 0.15) is 27.7 Å². The highest BCUT2D eigenvalue weighted by atomic mass is 19.1. The van der Waals surface area contributed by atoms with E-state index in [1.807, 2.05) is 0 Å². The van der Waals surface area contributed by atoms with Crippen molar-refractivity contribution in [1.29, 1.82) is 0 Å². The lowest BCUT2D eigenvalue weighted by Crippen LogP contribution is -2.29. The van der Waals surface area contributed by atoms with Gasteiger partial charge in [-0.25, -0.2) is 9.18 Å². The van der Waals surface area contributed by atoms with Crippen molar-refractivity contribution < 1.29 is 33.0 Å². The molecule has 1 unspecified atom stereocenters. The summed E-state index contributed by atoms with van der Waals surface area (Å²) in [6.45, 7) is 0. The van der Waals surface area contributed by atoms with E-state index in [4.69, 9.17) is 4.42 Å². The molecule has 0 radical (unpaired) electrons. The van der Waals surface area contributed by atoms with Crippen molar-refractivity contribution in [2.75, 3.05) is 12.0 Å². The number of halogens is 1. The van der Waals surface area contributed by atoms with Crippen LogP contribution in [0, 0.1) is 5.82 Å². The lowest BCUT2D eigenvalue weighted by molar-refractivity contribution is -0.132. The fraction of sp³-hybridized carbons (Fsp3) is 0.0870. The zero-order valence-corrected chi connectivity index (χ0v) is 16.2. The summed E-state index contributed by atoms with van der Waals surface area (Å²) in [6, 6.07) is 12.9. The van der Waals surface area contributed by atoms with E-state index in [-0.39, 0.29) is 22.5 Å². The van der Waals surface area contributed by atoms with Gasteiger partial charge in [-0.2, -0.15) is 0 Å². The third-order valence-electron chi connectivity index (χ3n) is 4.94. The molecule has 4 rings (SSSR count). The maximum atomic E-state index is 13.3. The topological polar surface area (TPSA) is 97.0 Å². The number of nitrogens with zero attached hydrogens (tertiary/aromatic N) is 1. The van der Waals surface area contributed by atoms with Crippen LogP contribution >= 0.6 is 0 Å². The normalized spacial score (nSPS) is 17.7. The Bertz CT molecular complexity index is 1180. The monoisotopic (exact) mass is 421 g/mol. The lowest BCUT2D eigenvalue weighted by Gasteiger charge is -2.23. The number of carbonyl (C=O) groups excluding carboxylic acids is 3. The first-order valence-corrected chi connectivity index (χ1v) is 9.21. The van der Waals surface area contributed by atoms with E-state index in [1.54, 1.807) is 12.1 Å². The molecule has 1 N–H and O–H groups in total. The average Bonchev–Trinajstić information content (AvgIpc) is 3.40. The SMILES string of the molecule is COC(=O)c1ccc(N2C(=O)C(=O)/C(=C(\O)c3ccc(F)cc3)C2c2ccco2)cc1. The Morgan fingerprint density at radius 2 is 1.68 bits per heavy atom. The first-order valence-electron chi connectivity index (χ1n) is 9.21. The standard InChI is InChI=1S/C23H16FNO6/c1-30-23(29)14-6-10-16(11-7-14)25-19(17-3-2-12-31-17)18(21(27)22(25)28)20(26)13-4-8-15(24)9-5-13/h2-12,19,26H,1H3/b20-18-. The second kappa shape index (κ2) is 7.91. The van der Waals surface area contributed by atoms with E-state index in [0.717, 1.165) is 12.1 Å². The highest BCUT2D eigenvalue weighted by Crippen LogP contribution is 2.42. The summed E-state index contributed by atoms with van der Waals surface area (Å²) < 4.78 is 23.4. The Morgan fingerprint density at radius 1 is 1.03 bits per heavy atom. The van der Waals surface area contributed by atoms with E-state index in [2.05, 4.69) is 4.74 Å². The van der Waals surface area contributed by atoms with Crippen LogP contribution < -0.4 is 4.90 Å². The van der Waals surface area contributed by atoms with E-state index in [0.29, 0.717) is 5.69 Å². The Hall–Kier alpha value is -4.20. The van der Waals surface area contributed by atoms with Gasteiger partial charge in [-0.15, -0.1) is 0 Å². The van der Waals surface area contributed by atoms with Gasteiger partial charge in [-0.1, -0.05) is 0 Å². The molecule has 2 aromatic carbocycles. The molecule has 1 aromatic heterocycles. The van der Waals surface area contributed by atoms with Crippen LogP contribution in [0.2, 0.25) is 0 Å². The van der Waals surface area contributed by atoms with Crippen molar-refractivity contribution in [1.82, 2.24) is 0 Å². The van der Waals surface area contributed by atoms with Gasteiger partial charge in [0, 0.05) is 11.3 Å². The third kappa shape index (κ3) is 3.48. The Labute approximate surface area is 176 Å². The average molecular weight is 421 g/mol. The van der Waals surface area contributed by atoms with Gasteiger partial charge in [-0.05, 0) is 60.7 Å². The molecule has 1 amide bonds. The summed E-state index contributed by atoms with van der Waals surface area (Å²) in [5.41, 5.74) is 0.568. The van der Waals surface area contributed by atoms with Crippen molar-refractivity contribution in [3.63, 3.8) is 0 Å². The van der Waals surface area contributed by atoms with Crippen molar-refractivity contribution in [3.8, 4) is 0 Å². The molecule has 0 spiro atoms. The molecule has 0 aliphatic carbocycles. The van der Waals surface area contributed by atoms with Crippen molar-refractivity contribution in [2.24, 2.45) is 0 Å². The first kappa shape index (κ1) is 20.1. The molecule has 0 bridgehead atoms. The predicted molar refractivity (Wildman–Crippen MR) is 108 cm³/mol. The Balaban J connectivity index is 1.85. The second-order valence-electron chi connectivity index (χ2n) is 6.73. The van der Waals surface area contributed by atoms with E-state index >= 15 is 0 Å². The molecule has 1 saturated heterocycles. The number of aliphatic hydroxyl groups is 1. The minimum absolute atomic E-state index is 0.178. The van der Waals surface area contributed by atoms with Gasteiger partial charge in [0.15, 0.2) is 0 Å². The molecular formula is C23H16FNO6. The molecule has 1 aliphatic heterocycles. The van der Waals surface area contributed by atoms with Crippen LogP contribution in [0.15, 0.2) is 76.9 Å². The summed E-state index contributed by atoms with van der Waals surface area (Å²) in [5.74, 6) is -3.05. The van der Waals surface area contributed by atoms with Crippen LogP contribution in [0.25, 0.3) is 5.76 Å². The van der Waals surface area contributed by atoms with Gasteiger partial charge >= 0.3 is 5.97 Å². The summed E-state index contributed by atoms with van der Waals surface area (Å²) in [5, 5.41) is 10.8. The smallest absolute Gasteiger partial charge is 0.337 e. The number of benzene rings is 2. The van der Waals surface area contributed by atoms with Gasteiger partial charge < -0.3 is 14.3 Å². The molecule has 2 heterocycles. The van der Waals surface area contributed by atoms with Crippen LogP contribution in [-0.4, -0.2) is 29.9 Å². The van der Waals surface area contributed by atoms with Crippen molar-refractivity contribution in [2.45, 2.75) is 6.04 Å². The van der Waals surface area contributed by atoms with Gasteiger partial charge in [0.2, 0.25) is 0 Å². The van der Waals surface area contributed by atoms with Crippen molar-refractivity contribution in [3.05, 3.63) is 95.2 Å². The summed E-state index contributed by atoms with van der Waals surface area (Å²) in [4.78, 5) is 38.7. The second-order valence-corrected chi connectivity index (χ2v) is 6.73. The van der Waals surface area contributed by atoms with Crippen LogP contribution in [-0.2, 0) is 14.3 Å². The fourth-order valence-electron chi connectivity index (χ4n) is 3.45. The minimum Gasteiger partial charge on any atom is -0.507 e. The van der Waals surface area contributed by atoms with Crippen molar-refractivity contribution >= 4 is 29.1 Å². The number of hydrogen-bond donors (Lipinski definition) is 1. The molecule has 31 heavy (non-hydrogen) atoms. The van der Waals surface area contributed by atoms with E-state index in [1.165, 1.54) is 54.7 Å². The number of ketones is 1. The molecule has 1 aliphatic rings. The number of Topliss-reactive ketones (excluding diaryl/α,β-unsaturated/α-hetero) is 1. The van der Waals surface area contributed by atoms with Gasteiger partial charge in [0.1, 0.15) is 23.4 Å². The highest BCUT2D eigenvalue weighted by molar-refractivity contribution is 6.51. The lowest BCUT2D eigenvalue weighted by atomic mass is 9.99. The Morgan fingerprint density at radius 3 is 2.26 bits per heavy atom. The largest absolute Gasteiger partial charge is 0.507 e. The summed E-state index contributed by atoms with van der Waals surface area (Å²) in [6.07, 6.45) is 1.38. The zero-order chi connectivity index (χ0) is 22.1. The van der Waals surface area contributed by atoms with Gasteiger partial charge in [-0.3, -0.25) is 14.5 Å². The number of ether oxygens (including phenoxy) is 1. The maximum Gasteiger partial charge on any atom is 0.337 e. The minimum atomic E-state index is -1.05. The number of rotatable bonds is 4. The molecule has 7 nitrogen and oxygen atoms in total. The predicted octanol–water partition coefficient (Wildman–Crippen LogP) is 3.83. The number of furan rings is 1. The molecule has 1 atom stereocenters. The fourth-order valence-corrected chi connectivity index (χ4v) is 3.45. The van der Waals surface area contributed by atoms with Gasteiger partial charge in [0.05, 0.1) is 24.5 Å². The number of esters is 1. The van der Waals surface area contributed by atoms with Crippen LogP contribution in [0.5, 0.6) is 0 Å². The highest BCUT2D eigenvalue weighted by Gasteiger charge is 2.48. The molecule has 1 fully saturated rings.